The summed E-state index contributed by atoms with van der Waals surface area (Å²) in [6.07, 6.45) is 0. The number of hydrogen-bond acceptors (Lipinski definition) is 6. The molecule has 0 fully saturated rings. The number of halogens is 1. The second-order valence-electron chi connectivity index (χ2n) is 6.93. The fourth-order valence-electron chi connectivity index (χ4n) is 3.00. The van der Waals surface area contributed by atoms with Crippen molar-refractivity contribution in [3.63, 3.8) is 0 Å². The van der Waals surface area contributed by atoms with Gasteiger partial charge in [0.2, 0.25) is 0 Å². The lowest BCUT2D eigenvalue weighted by atomic mass is 10.2. The minimum atomic E-state index is -0.969. The summed E-state index contributed by atoms with van der Waals surface area (Å²) in [4.78, 5) is 40.7. The van der Waals surface area contributed by atoms with Crippen LogP contribution in [0.2, 0.25) is 0 Å². The summed E-state index contributed by atoms with van der Waals surface area (Å²) in [5, 5.41) is 8.38. The van der Waals surface area contributed by atoms with Gasteiger partial charge in [-0.15, -0.1) is 5.10 Å². The highest BCUT2D eigenvalue weighted by molar-refractivity contribution is 6.02. The molecular weight excluding hydrogens is 441 g/mol. The van der Waals surface area contributed by atoms with Crippen LogP contribution in [0.3, 0.4) is 0 Å². The Labute approximate surface area is 193 Å². The Morgan fingerprint density at radius 3 is 2.24 bits per heavy atom. The molecule has 0 unspecified atom stereocenters. The van der Waals surface area contributed by atoms with Crippen LogP contribution in [0.25, 0.3) is 17.1 Å². The third-order valence-electron chi connectivity index (χ3n) is 4.53. The van der Waals surface area contributed by atoms with Gasteiger partial charge in [-0.05, 0) is 24.3 Å². The molecule has 4 rings (SSSR count). The number of amides is 3. The van der Waals surface area contributed by atoms with E-state index in [1.807, 2.05) is 53.8 Å². The van der Waals surface area contributed by atoms with Gasteiger partial charge in [-0.3, -0.25) is 10.1 Å². The van der Waals surface area contributed by atoms with Gasteiger partial charge < -0.3 is 10.1 Å². The van der Waals surface area contributed by atoms with E-state index in [0.717, 1.165) is 11.6 Å². The topological polar surface area (TPSA) is 115 Å². The van der Waals surface area contributed by atoms with E-state index >= 15 is 0 Å². The Hall–Kier alpha value is -4.86. The number of carbonyl (C=O) groups excluding carboxylic acids is 3. The first-order valence-electron chi connectivity index (χ1n) is 10.1. The number of aromatic nitrogens is 3. The maximum absolute atomic E-state index is 13.6. The van der Waals surface area contributed by atoms with E-state index in [0.29, 0.717) is 11.5 Å². The number of rotatable bonds is 6. The first-order chi connectivity index (χ1) is 16.5. The monoisotopic (exact) mass is 459 g/mol. The molecule has 3 amide bonds. The summed E-state index contributed by atoms with van der Waals surface area (Å²) in [7, 11) is 0. The van der Waals surface area contributed by atoms with Crippen molar-refractivity contribution in [2.24, 2.45) is 0 Å². The lowest BCUT2D eigenvalue weighted by molar-refractivity contribution is -0.123. The zero-order chi connectivity index (χ0) is 23.9. The van der Waals surface area contributed by atoms with E-state index in [1.54, 1.807) is 12.1 Å². The van der Waals surface area contributed by atoms with Crippen molar-refractivity contribution in [2.75, 3.05) is 11.9 Å². The third-order valence-corrected chi connectivity index (χ3v) is 4.53. The Bertz CT molecular complexity index is 1270. The molecule has 0 aliphatic rings. The van der Waals surface area contributed by atoms with Gasteiger partial charge in [0.25, 0.3) is 11.7 Å². The zero-order valence-corrected chi connectivity index (χ0v) is 17.6. The number of imide groups is 1. The fourth-order valence-corrected chi connectivity index (χ4v) is 3.00. The van der Waals surface area contributed by atoms with E-state index in [-0.39, 0.29) is 11.5 Å². The van der Waals surface area contributed by atoms with Crippen LogP contribution in [0.15, 0.2) is 84.9 Å². The number of para-hydroxylation sites is 2. The minimum Gasteiger partial charge on any atom is -0.450 e. The van der Waals surface area contributed by atoms with Crippen LogP contribution in [0.4, 0.5) is 14.9 Å². The maximum atomic E-state index is 13.6. The second kappa shape index (κ2) is 10.2. The smallest absolute Gasteiger partial charge is 0.378 e. The van der Waals surface area contributed by atoms with E-state index in [4.69, 9.17) is 4.74 Å². The molecule has 0 radical (unpaired) electrons. The van der Waals surface area contributed by atoms with Gasteiger partial charge in [0.05, 0.1) is 11.4 Å². The number of nitrogens with zero attached hydrogens (tertiary/aromatic N) is 3. The van der Waals surface area contributed by atoms with Crippen molar-refractivity contribution in [1.29, 1.82) is 0 Å². The maximum Gasteiger partial charge on any atom is 0.378 e. The molecule has 0 bridgehead atoms. The lowest BCUT2D eigenvalue weighted by Gasteiger charge is -2.07. The second-order valence-corrected chi connectivity index (χ2v) is 6.93. The van der Waals surface area contributed by atoms with E-state index in [9.17, 15) is 18.8 Å². The molecule has 34 heavy (non-hydrogen) atoms. The van der Waals surface area contributed by atoms with Crippen LogP contribution in [-0.4, -0.2) is 39.3 Å². The van der Waals surface area contributed by atoms with Gasteiger partial charge in [-0.1, -0.05) is 60.7 Å². The Morgan fingerprint density at radius 1 is 0.882 bits per heavy atom. The zero-order valence-electron chi connectivity index (χ0n) is 17.6. The predicted octanol–water partition coefficient (Wildman–Crippen LogP) is 3.58. The molecule has 9 nitrogen and oxygen atoms in total. The highest BCUT2D eigenvalue weighted by atomic mass is 19.1. The Balaban J connectivity index is 1.43. The number of hydrogen-bond donors (Lipinski definition) is 2. The van der Waals surface area contributed by atoms with Crippen molar-refractivity contribution in [2.45, 2.75) is 0 Å². The van der Waals surface area contributed by atoms with Crippen LogP contribution in [-0.2, 0) is 9.53 Å². The summed E-state index contributed by atoms with van der Waals surface area (Å²) >= 11 is 0. The quantitative estimate of drug-likeness (QED) is 0.426. The van der Waals surface area contributed by atoms with Gasteiger partial charge in [-0.25, -0.2) is 23.6 Å². The molecule has 0 aliphatic heterocycles. The third kappa shape index (κ3) is 5.30. The molecule has 1 aromatic heterocycles. The van der Waals surface area contributed by atoms with Crippen LogP contribution in [0.5, 0.6) is 0 Å². The summed E-state index contributed by atoms with van der Waals surface area (Å²) in [6.45, 7) is -0.760. The van der Waals surface area contributed by atoms with Crippen LogP contribution < -0.4 is 10.6 Å². The highest BCUT2D eigenvalue weighted by Gasteiger charge is 2.21. The van der Waals surface area contributed by atoms with Gasteiger partial charge in [0, 0.05) is 5.56 Å². The van der Waals surface area contributed by atoms with Crippen LogP contribution in [0, 0.1) is 5.82 Å². The number of anilines is 1. The van der Waals surface area contributed by atoms with Gasteiger partial charge >= 0.3 is 12.0 Å². The van der Waals surface area contributed by atoms with Crippen LogP contribution >= 0.6 is 0 Å². The molecule has 10 heteroatoms. The molecular formula is C24H18FN5O4. The number of nitrogens with one attached hydrogen (secondary N) is 2. The summed E-state index contributed by atoms with van der Waals surface area (Å²) in [6, 6.07) is 22.7. The lowest BCUT2D eigenvalue weighted by Crippen LogP contribution is -2.37. The fraction of sp³-hybridized carbons (Fsp3) is 0.0417. The summed E-state index contributed by atoms with van der Waals surface area (Å²) in [5.74, 6) is -2.37. The average Bonchev–Trinajstić information content (AvgIpc) is 3.31. The molecule has 2 N–H and O–H groups in total. The molecule has 0 atom stereocenters. The molecule has 170 valence electrons. The first-order valence-corrected chi connectivity index (χ1v) is 10.1. The largest absolute Gasteiger partial charge is 0.450 e. The molecule has 4 aromatic rings. The van der Waals surface area contributed by atoms with Gasteiger partial charge in [-0.2, -0.15) is 0 Å². The van der Waals surface area contributed by atoms with Crippen molar-refractivity contribution >= 4 is 23.6 Å². The van der Waals surface area contributed by atoms with E-state index < -0.39 is 30.3 Å². The van der Waals surface area contributed by atoms with Crippen molar-refractivity contribution in [3.05, 3.63) is 96.6 Å². The Kier molecular flexibility index (Phi) is 6.68. The number of benzene rings is 3. The molecule has 0 aliphatic carbocycles. The number of ether oxygens (including phenoxy) is 1. The molecule has 0 saturated heterocycles. The number of esters is 1. The summed E-state index contributed by atoms with van der Waals surface area (Å²) in [5.41, 5.74) is 1.30. The molecule has 0 spiro atoms. The molecule has 0 saturated carbocycles. The van der Waals surface area contributed by atoms with Crippen molar-refractivity contribution < 1.29 is 23.5 Å². The number of carbonyl (C=O) groups is 3. The summed E-state index contributed by atoms with van der Waals surface area (Å²) < 4.78 is 20.1. The SMILES string of the molecule is O=C(COC(=O)c1nc(-c2ccccc2)n(-c2ccccc2)n1)NC(=O)Nc1ccccc1F. The number of urea groups is 1. The highest BCUT2D eigenvalue weighted by Crippen LogP contribution is 2.21. The predicted molar refractivity (Wildman–Crippen MR) is 121 cm³/mol. The van der Waals surface area contributed by atoms with E-state index in [1.165, 1.54) is 22.9 Å². The van der Waals surface area contributed by atoms with Gasteiger partial charge in [0.15, 0.2) is 12.4 Å². The van der Waals surface area contributed by atoms with Gasteiger partial charge in [0.1, 0.15) is 5.82 Å². The van der Waals surface area contributed by atoms with Crippen LogP contribution in [0.1, 0.15) is 10.6 Å². The van der Waals surface area contributed by atoms with Crippen molar-refractivity contribution in [1.82, 2.24) is 20.1 Å². The Morgan fingerprint density at radius 2 is 1.53 bits per heavy atom. The van der Waals surface area contributed by atoms with Crippen molar-refractivity contribution in [3.8, 4) is 17.1 Å². The molecule has 1 heterocycles. The standard InChI is InChI=1S/C24H18FN5O4/c25-18-13-7-8-14-19(18)26-24(33)27-20(31)15-34-23(32)21-28-22(16-9-3-1-4-10-16)30(29-21)17-11-5-2-6-12-17/h1-14H,15H2,(H2,26,27,31,33). The minimum absolute atomic E-state index is 0.103. The average molecular weight is 459 g/mol. The van der Waals surface area contributed by atoms with E-state index in [2.05, 4.69) is 15.4 Å². The first kappa shape index (κ1) is 22.3. The normalized spacial score (nSPS) is 10.4. The molecule has 3 aromatic carbocycles.